The van der Waals surface area contributed by atoms with Crippen molar-refractivity contribution in [1.29, 1.82) is 0 Å². The Bertz CT molecular complexity index is 738. The van der Waals surface area contributed by atoms with Crippen LogP contribution in [0.5, 0.6) is 0 Å². The molecule has 116 valence electrons. The van der Waals surface area contributed by atoms with Gasteiger partial charge in [-0.3, -0.25) is 9.59 Å². The average molecular weight is 341 g/mol. The van der Waals surface area contributed by atoms with Crippen molar-refractivity contribution in [3.8, 4) is 0 Å². The Morgan fingerprint density at radius 3 is 2.50 bits per heavy atom. The molecule has 2 rings (SSSR count). The van der Waals surface area contributed by atoms with Crippen LogP contribution in [-0.2, 0) is 7.05 Å². The number of benzene rings is 1. The SMILES string of the molecule is Cn1ccc(C(=O)NCC(O)c2cc(Cl)cc(Cl)c2)cc1=O. The summed E-state index contributed by atoms with van der Waals surface area (Å²) in [5.41, 5.74) is 0.455. The minimum Gasteiger partial charge on any atom is -0.387 e. The molecular formula is C15H14Cl2N2O3. The first-order valence-electron chi connectivity index (χ1n) is 6.46. The molecule has 22 heavy (non-hydrogen) atoms. The molecule has 5 nitrogen and oxygen atoms in total. The molecule has 0 aliphatic rings. The summed E-state index contributed by atoms with van der Waals surface area (Å²) in [4.78, 5) is 23.4. The van der Waals surface area contributed by atoms with Gasteiger partial charge in [0.15, 0.2) is 0 Å². The van der Waals surface area contributed by atoms with Gasteiger partial charge in [0.2, 0.25) is 0 Å². The number of nitrogens with zero attached hydrogens (tertiary/aromatic N) is 1. The zero-order valence-electron chi connectivity index (χ0n) is 11.7. The molecule has 1 atom stereocenters. The summed E-state index contributed by atoms with van der Waals surface area (Å²) in [7, 11) is 1.59. The highest BCUT2D eigenvalue weighted by molar-refractivity contribution is 6.34. The number of hydrogen-bond acceptors (Lipinski definition) is 3. The smallest absolute Gasteiger partial charge is 0.251 e. The summed E-state index contributed by atoms with van der Waals surface area (Å²) in [5, 5.41) is 13.4. The summed E-state index contributed by atoms with van der Waals surface area (Å²) >= 11 is 11.7. The van der Waals surface area contributed by atoms with Crippen molar-refractivity contribution in [2.45, 2.75) is 6.10 Å². The van der Waals surface area contributed by atoms with Crippen molar-refractivity contribution < 1.29 is 9.90 Å². The van der Waals surface area contributed by atoms with E-state index in [-0.39, 0.29) is 17.7 Å². The van der Waals surface area contributed by atoms with E-state index in [1.807, 2.05) is 0 Å². The number of aryl methyl sites for hydroxylation is 1. The number of aromatic nitrogens is 1. The van der Waals surface area contributed by atoms with E-state index >= 15 is 0 Å². The van der Waals surface area contributed by atoms with Crippen LogP contribution < -0.4 is 10.9 Å². The highest BCUT2D eigenvalue weighted by Gasteiger charge is 2.12. The minimum atomic E-state index is -0.952. The van der Waals surface area contributed by atoms with E-state index in [1.165, 1.54) is 22.9 Å². The van der Waals surface area contributed by atoms with Gasteiger partial charge in [-0.05, 0) is 29.8 Å². The fourth-order valence-electron chi connectivity index (χ4n) is 1.87. The van der Waals surface area contributed by atoms with E-state index in [0.29, 0.717) is 15.6 Å². The molecular weight excluding hydrogens is 327 g/mol. The van der Waals surface area contributed by atoms with Gasteiger partial charge in [-0.15, -0.1) is 0 Å². The number of rotatable bonds is 4. The van der Waals surface area contributed by atoms with Gasteiger partial charge < -0.3 is 15.0 Å². The van der Waals surface area contributed by atoms with E-state index in [0.717, 1.165) is 0 Å². The van der Waals surface area contributed by atoms with Gasteiger partial charge in [-0.2, -0.15) is 0 Å². The summed E-state index contributed by atoms with van der Waals surface area (Å²) in [6, 6.07) is 7.46. The second kappa shape index (κ2) is 6.96. The number of hydrogen-bond donors (Lipinski definition) is 2. The lowest BCUT2D eigenvalue weighted by molar-refractivity contribution is 0.0916. The lowest BCUT2D eigenvalue weighted by atomic mass is 10.1. The molecule has 0 saturated carbocycles. The molecule has 0 aliphatic heterocycles. The maximum atomic E-state index is 12.0. The fourth-order valence-corrected chi connectivity index (χ4v) is 2.41. The Kier molecular flexibility index (Phi) is 5.24. The number of halogens is 2. The fraction of sp³-hybridized carbons (Fsp3) is 0.200. The first-order valence-corrected chi connectivity index (χ1v) is 7.21. The van der Waals surface area contributed by atoms with Crippen molar-refractivity contribution in [3.63, 3.8) is 0 Å². The van der Waals surface area contributed by atoms with Crippen LogP contribution in [0.4, 0.5) is 0 Å². The van der Waals surface area contributed by atoms with E-state index in [1.54, 1.807) is 25.2 Å². The Morgan fingerprint density at radius 2 is 1.91 bits per heavy atom. The van der Waals surface area contributed by atoms with Crippen LogP contribution in [0.2, 0.25) is 10.0 Å². The third-order valence-electron chi connectivity index (χ3n) is 3.09. The number of carbonyl (C=O) groups is 1. The van der Waals surface area contributed by atoms with Crippen molar-refractivity contribution in [2.24, 2.45) is 7.05 Å². The average Bonchev–Trinajstić information content (AvgIpc) is 2.46. The second-order valence-electron chi connectivity index (χ2n) is 4.79. The third kappa shape index (κ3) is 4.10. The summed E-state index contributed by atoms with van der Waals surface area (Å²) in [6.07, 6.45) is 0.552. The summed E-state index contributed by atoms with van der Waals surface area (Å²) in [6.45, 7) is -0.0231. The van der Waals surface area contributed by atoms with Crippen LogP contribution in [0, 0.1) is 0 Å². The molecule has 0 fully saturated rings. The van der Waals surface area contributed by atoms with Crippen LogP contribution in [0.3, 0.4) is 0 Å². The van der Waals surface area contributed by atoms with Gasteiger partial charge in [-0.1, -0.05) is 23.2 Å². The van der Waals surface area contributed by atoms with Gasteiger partial charge >= 0.3 is 0 Å². The molecule has 1 aromatic heterocycles. The molecule has 7 heteroatoms. The van der Waals surface area contributed by atoms with Crippen molar-refractivity contribution in [3.05, 3.63) is 68.1 Å². The van der Waals surface area contributed by atoms with Crippen LogP contribution in [-0.4, -0.2) is 22.1 Å². The van der Waals surface area contributed by atoms with Crippen LogP contribution in [0.15, 0.2) is 41.3 Å². The van der Waals surface area contributed by atoms with Gasteiger partial charge in [0.1, 0.15) is 0 Å². The number of aliphatic hydroxyl groups is 1. The monoisotopic (exact) mass is 340 g/mol. The molecule has 0 radical (unpaired) electrons. The lowest BCUT2D eigenvalue weighted by Crippen LogP contribution is -2.29. The standard InChI is InChI=1S/C15H14Cl2N2O3/c1-19-3-2-9(6-14(19)21)15(22)18-8-13(20)10-4-11(16)7-12(17)5-10/h2-7,13,20H,8H2,1H3,(H,18,22). The topological polar surface area (TPSA) is 71.3 Å². The van der Waals surface area contributed by atoms with Crippen LogP contribution in [0.25, 0.3) is 0 Å². The zero-order chi connectivity index (χ0) is 16.3. The Morgan fingerprint density at radius 1 is 1.27 bits per heavy atom. The Balaban J connectivity index is 2.03. The summed E-state index contributed by atoms with van der Waals surface area (Å²) in [5.74, 6) is -0.440. The second-order valence-corrected chi connectivity index (χ2v) is 5.67. The van der Waals surface area contributed by atoms with Gasteiger partial charge in [0.05, 0.1) is 6.10 Å². The number of aliphatic hydroxyl groups excluding tert-OH is 1. The number of pyridine rings is 1. The molecule has 0 bridgehead atoms. The van der Waals surface area contributed by atoms with Gasteiger partial charge in [-0.25, -0.2) is 0 Å². The molecule has 1 aromatic carbocycles. The highest BCUT2D eigenvalue weighted by atomic mass is 35.5. The largest absolute Gasteiger partial charge is 0.387 e. The first-order chi connectivity index (χ1) is 10.4. The van der Waals surface area contributed by atoms with Gasteiger partial charge in [0, 0.05) is 41.5 Å². The predicted octanol–water partition coefficient (Wildman–Crippen LogP) is 2.16. The molecule has 1 amide bonds. The van der Waals surface area contributed by atoms with Crippen molar-refractivity contribution in [1.82, 2.24) is 9.88 Å². The maximum absolute atomic E-state index is 12.0. The number of carbonyl (C=O) groups excluding carboxylic acids is 1. The highest BCUT2D eigenvalue weighted by Crippen LogP contribution is 2.23. The predicted molar refractivity (Wildman–Crippen MR) is 85.4 cm³/mol. The quantitative estimate of drug-likeness (QED) is 0.895. The minimum absolute atomic E-state index is 0.0231. The van der Waals surface area contributed by atoms with E-state index < -0.39 is 12.0 Å². The van der Waals surface area contributed by atoms with E-state index in [4.69, 9.17) is 23.2 Å². The van der Waals surface area contributed by atoms with Crippen molar-refractivity contribution in [2.75, 3.05) is 6.54 Å². The van der Waals surface area contributed by atoms with Crippen LogP contribution >= 0.6 is 23.2 Å². The molecule has 1 unspecified atom stereocenters. The Labute approximate surface area is 137 Å². The number of nitrogens with one attached hydrogen (secondary N) is 1. The lowest BCUT2D eigenvalue weighted by Gasteiger charge is -2.13. The zero-order valence-corrected chi connectivity index (χ0v) is 13.2. The van der Waals surface area contributed by atoms with Gasteiger partial charge in [0.25, 0.3) is 11.5 Å². The van der Waals surface area contributed by atoms with E-state index in [2.05, 4.69) is 5.32 Å². The first kappa shape index (κ1) is 16.5. The molecule has 2 aromatic rings. The van der Waals surface area contributed by atoms with Crippen LogP contribution in [0.1, 0.15) is 22.0 Å². The van der Waals surface area contributed by atoms with E-state index in [9.17, 15) is 14.7 Å². The molecule has 0 spiro atoms. The maximum Gasteiger partial charge on any atom is 0.251 e. The molecule has 2 N–H and O–H groups in total. The van der Waals surface area contributed by atoms with Crippen molar-refractivity contribution >= 4 is 29.1 Å². The molecule has 0 aliphatic carbocycles. The summed E-state index contributed by atoms with van der Waals surface area (Å²) < 4.78 is 1.36. The normalized spacial score (nSPS) is 12.0. The number of amides is 1. The Hall–Kier alpha value is -1.82. The molecule has 0 saturated heterocycles. The third-order valence-corrected chi connectivity index (χ3v) is 3.53. The molecule has 1 heterocycles.